The van der Waals surface area contributed by atoms with E-state index in [0.717, 1.165) is 62.6 Å². The summed E-state index contributed by atoms with van der Waals surface area (Å²) < 4.78 is 13.5. The molecule has 3 fully saturated rings. The molecule has 3 saturated heterocycles. The maximum Gasteiger partial charge on any atom is 0.240 e. The third-order valence-electron chi connectivity index (χ3n) is 6.17. The zero-order chi connectivity index (χ0) is 18.1. The molecule has 142 valence electrons. The summed E-state index contributed by atoms with van der Waals surface area (Å²) in [6, 6.07) is 6.02. The number of hydrogen-bond acceptors (Lipinski definition) is 4. The van der Waals surface area contributed by atoms with Crippen LogP contribution in [0.15, 0.2) is 18.2 Å². The summed E-state index contributed by atoms with van der Waals surface area (Å²) in [4.78, 5) is 17.1. The minimum atomic E-state index is -0.115. The van der Waals surface area contributed by atoms with Gasteiger partial charge in [-0.25, -0.2) is 4.39 Å². The maximum absolute atomic E-state index is 13.5. The van der Waals surface area contributed by atoms with E-state index in [1.807, 2.05) is 35.7 Å². The molecule has 6 heteroatoms. The van der Waals surface area contributed by atoms with Gasteiger partial charge in [-0.1, -0.05) is 12.1 Å². The highest BCUT2D eigenvalue weighted by Gasteiger charge is 2.36. The zero-order valence-electron chi connectivity index (χ0n) is 15.4. The number of carbonyl (C=O) groups is 1. The number of amides is 1. The van der Waals surface area contributed by atoms with Gasteiger partial charge in [-0.15, -0.1) is 11.8 Å². The summed E-state index contributed by atoms with van der Waals surface area (Å²) in [5.74, 6) is 2.62. The number of hydrogen-bond donors (Lipinski definition) is 1. The van der Waals surface area contributed by atoms with Crippen LogP contribution in [0.25, 0.3) is 0 Å². The molecule has 1 aromatic rings. The van der Waals surface area contributed by atoms with E-state index in [4.69, 9.17) is 0 Å². The van der Waals surface area contributed by atoms with E-state index in [0.29, 0.717) is 12.0 Å². The van der Waals surface area contributed by atoms with Crippen LogP contribution < -0.4 is 5.32 Å². The lowest BCUT2D eigenvalue weighted by molar-refractivity contribution is -0.131. The highest BCUT2D eigenvalue weighted by molar-refractivity contribution is 7.99. The second kappa shape index (κ2) is 7.87. The molecular weight excluding hydrogens is 349 g/mol. The number of carbonyl (C=O) groups excluding carboxylic acids is 1. The van der Waals surface area contributed by atoms with Crippen molar-refractivity contribution in [1.82, 2.24) is 15.1 Å². The molecule has 3 aliphatic rings. The van der Waals surface area contributed by atoms with E-state index in [9.17, 15) is 9.18 Å². The largest absolute Gasteiger partial charge is 0.331 e. The van der Waals surface area contributed by atoms with Crippen molar-refractivity contribution >= 4 is 17.7 Å². The summed E-state index contributed by atoms with van der Waals surface area (Å²) in [6.07, 6.45) is 3.16. The SMILES string of the molecule is Cc1cc(C2CCN([C@@H]3CN[C@H](C(=O)N4CCSC4)C3)CC2)ccc1F. The predicted molar refractivity (Wildman–Crippen MR) is 104 cm³/mol. The number of nitrogens with zero attached hydrogens (tertiary/aromatic N) is 2. The summed E-state index contributed by atoms with van der Waals surface area (Å²) in [5, 5.41) is 3.45. The molecule has 3 heterocycles. The van der Waals surface area contributed by atoms with E-state index in [-0.39, 0.29) is 17.8 Å². The Morgan fingerprint density at radius 2 is 2.08 bits per heavy atom. The van der Waals surface area contributed by atoms with Gasteiger partial charge >= 0.3 is 0 Å². The fourth-order valence-corrected chi connectivity index (χ4v) is 5.47. The molecule has 1 amide bonds. The first-order valence-electron chi connectivity index (χ1n) is 9.72. The average Bonchev–Trinajstić information content (AvgIpc) is 3.36. The van der Waals surface area contributed by atoms with Crippen molar-refractivity contribution < 1.29 is 9.18 Å². The Hall–Kier alpha value is -1.11. The van der Waals surface area contributed by atoms with Gasteiger partial charge in [-0.05, 0) is 62.4 Å². The molecule has 2 atom stereocenters. The van der Waals surface area contributed by atoms with Crippen LogP contribution in [0.2, 0.25) is 0 Å². The molecule has 0 bridgehead atoms. The molecule has 0 spiro atoms. The third kappa shape index (κ3) is 3.78. The standard InChI is InChI=1S/C20H28FN3OS/c1-14-10-16(2-3-18(14)21)15-4-6-23(7-5-15)17-11-19(22-12-17)20(25)24-8-9-26-13-24/h2-3,10,15,17,19,22H,4-9,11-13H2,1H3/t17-,19-/m0/s1. The van der Waals surface area contributed by atoms with Crippen molar-refractivity contribution in [3.05, 3.63) is 35.1 Å². The maximum atomic E-state index is 13.5. The molecule has 0 aliphatic carbocycles. The van der Waals surface area contributed by atoms with Gasteiger partial charge < -0.3 is 10.2 Å². The van der Waals surface area contributed by atoms with Crippen molar-refractivity contribution in [2.24, 2.45) is 0 Å². The highest BCUT2D eigenvalue weighted by Crippen LogP contribution is 2.31. The predicted octanol–water partition coefficient (Wildman–Crippen LogP) is 2.58. The van der Waals surface area contributed by atoms with Crippen LogP contribution in [0.1, 0.15) is 36.3 Å². The lowest BCUT2D eigenvalue weighted by Crippen LogP contribution is -2.42. The molecule has 4 nitrogen and oxygen atoms in total. The van der Waals surface area contributed by atoms with Gasteiger partial charge in [0.25, 0.3) is 0 Å². The second-order valence-corrected chi connectivity index (χ2v) is 8.88. The van der Waals surface area contributed by atoms with Crippen molar-refractivity contribution in [3.63, 3.8) is 0 Å². The van der Waals surface area contributed by atoms with E-state index < -0.39 is 0 Å². The molecule has 3 aliphatic heterocycles. The summed E-state index contributed by atoms with van der Waals surface area (Å²) in [7, 11) is 0. The normalized spacial score (nSPS) is 28.0. The Balaban J connectivity index is 1.29. The quantitative estimate of drug-likeness (QED) is 0.878. The van der Waals surface area contributed by atoms with Gasteiger partial charge in [0.2, 0.25) is 5.91 Å². The Morgan fingerprint density at radius 3 is 2.77 bits per heavy atom. The van der Waals surface area contributed by atoms with Crippen LogP contribution in [-0.2, 0) is 4.79 Å². The average molecular weight is 378 g/mol. The minimum absolute atomic E-state index is 0.00354. The first kappa shape index (κ1) is 18.3. The number of piperidine rings is 1. The van der Waals surface area contributed by atoms with Gasteiger partial charge in [0.05, 0.1) is 11.9 Å². The lowest BCUT2D eigenvalue weighted by atomic mass is 9.88. The molecule has 0 aromatic heterocycles. The number of likely N-dealkylation sites (tertiary alicyclic amines) is 1. The van der Waals surface area contributed by atoms with Crippen LogP contribution in [-0.4, -0.2) is 65.6 Å². The molecule has 0 radical (unpaired) electrons. The fourth-order valence-electron chi connectivity index (χ4n) is 4.51. The van der Waals surface area contributed by atoms with E-state index in [1.165, 1.54) is 5.56 Å². The van der Waals surface area contributed by atoms with Crippen molar-refractivity contribution in [1.29, 1.82) is 0 Å². The Kier molecular flexibility index (Phi) is 5.53. The van der Waals surface area contributed by atoms with E-state index in [2.05, 4.69) is 10.2 Å². The van der Waals surface area contributed by atoms with Gasteiger partial charge in [-0.3, -0.25) is 9.69 Å². The first-order valence-corrected chi connectivity index (χ1v) is 10.9. The number of benzene rings is 1. The number of aryl methyl sites for hydroxylation is 1. The van der Waals surface area contributed by atoms with Crippen LogP contribution in [0.3, 0.4) is 0 Å². The second-order valence-electron chi connectivity index (χ2n) is 7.81. The van der Waals surface area contributed by atoms with Gasteiger partial charge in [-0.2, -0.15) is 0 Å². The van der Waals surface area contributed by atoms with Crippen molar-refractivity contribution in [3.8, 4) is 0 Å². The zero-order valence-corrected chi connectivity index (χ0v) is 16.2. The van der Waals surface area contributed by atoms with Crippen LogP contribution in [0.5, 0.6) is 0 Å². The molecule has 1 aromatic carbocycles. The first-order chi connectivity index (χ1) is 12.6. The van der Waals surface area contributed by atoms with Crippen molar-refractivity contribution in [2.45, 2.75) is 44.2 Å². The molecular formula is C20H28FN3OS. The Morgan fingerprint density at radius 1 is 1.27 bits per heavy atom. The van der Waals surface area contributed by atoms with Crippen molar-refractivity contribution in [2.75, 3.05) is 37.8 Å². The van der Waals surface area contributed by atoms with Crippen LogP contribution in [0.4, 0.5) is 4.39 Å². The fraction of sp³-hybridized carbons (Fsp3) is 0.650. The smallest absolute Gasteiger partial charge is 0.240 e. The van der Waals surface area contributed by atoms with Crippen LogP contribution in [0, 0.1) is 12.7 Å². The number of halogens is 1. The summed E-state index contributed by atoms with van der Waals surface area (Å²) in [5.41, 5.74) is 2.01. The number of rotatable bonds is 3. The molecule has 0 saturated carbocycles. The topological polar surface area (TPSA) is 35.6 Å². The number of thioether (sulfide) groups is 1. The summed E-state index contributed by atoms with van der Waals surface area (Å²) in [6.45, 7) is 5.78. The molecule has 0 unspecified atom stereocenters. The number of nitrogens with one attached hydrogen (secondary N) is 1. The monoisotopic (exact) mass is 377 g/mol. The molecule has 26 heavy (non-hydrogen) atoms. The molecule has 4 rings (SSSR count). The minimum Gasteiger partial charge on any atom is -0.331 e. The van der Waals surface area contributed by atoms with Crippen LogP contribution >= 0.6 is 11.8 Å². The Bertz CT molecular complexity index is 656. The van der Waals surface area contributed by atoms with E-state index in [1.54, 1.807) is 6.07 Å². The lowest BCUT2D eigenvalue weighted by Gasteiger charge is -2.36. The molecule has 1 N–H and O–H groups in total. The van der Waals surface area contributed by atoms with Gasteiger partial charge in [0.1, 0.15) is 5.82 Å². The Labute approximate surface area is 159 Å². The summed E-state index contributed by atoms with van der Waals surface area (Å²) >= 11 is 1.84. The van der Waals surface area contributed by atoms with Gasteiger partial charge in [0, 0.05) is 24.9 Å². The van der Waals surface area contributed by atoms with Gasteiger partial charge in [0.15, 0.2) is 0 Å². The highest BCUT2D eigenvalue weighted by atomic mass is 32.2. The third-order valence-corrected chi connectivity index (χ3v) is 7.13. The van der Waals surface area contributed by atoms with E-state index >= 15 is 0 Å².